The minimum absolute atomic E-state index is 0.465. The van der Waals surface area contributed by atoms with Gasteiger partial charge in [-0.25, -0.2) is 0 Å². The molecule has 0 aromatic carbocycles. The maximum Gasteiger partial charge on any atom is 0.290 e. The number of hydrogen-bond donors (Lipinski definition) is 1. The van der Waals surface area contributed by atoms with Crippen molar-refractivity contribution in [3.05, 3.63) is 0 Å². The number of rotatable bonds is 2. The normalized spacial score (nSPS) is 12.4. The van der Waals surface area contributed by atoms with Gasteiger partial charge in [-0.05, 0) is 6.92 Å². The Hall–Kier alpha value is -0.510. The molecule has 0 aromatic heterocycles. The molecule has 0 bridgehead atoms. The van der Waals surface area contributed by atoms with Crippen molar-refractivity contribution in [3.63, 3.8) is 0 Å². The second-order valence-electron chi connectivity index (χ2n) is 2.24. The Bertz CT molecular complexity index is 136. The summed E-state index contributed by atoms with van der Waals surface area (Å²) in [5.41, 5.74) is 0. The van der Waals surface area contributed by atoms with Crippen LogP contribution in [0, 0.1) is 0 Å². The van der Waals surface area contributed by atoms with E-state index in [-0.39, 0.29) is 0 Å². The van der Waals surface area contributed by atoms with Crippen LogP contribution in [-0.4, -0.2) is 35.9 Å². The molecule has 0 N–H and O–H groups in total. The first-order chi connectivity index (χ1) is 4.46. The van der Waals surface area contributed by atoms with E-state index in [2.05, 4.69) is 12.6 Å². The monoisotopic (exact) mass is 161 g/mol. The molecule has 58 valence electrons. The maximum atomic E-state index is 10.8. The summed E-state index contributed by atoms with van der Waals surface area (Å²) in [6.07, 6.45) is 0. The van der Waals surface area contributed by atoms with Crippen LogP contribution in [0.25, 0.3) is 0 Å². The van der Waals surface area contributed by atoms with Crippen LogP contribution in [0.15, 0.2) is 0 Å². The second kappa shape index (κ2) is 3.61. The van der Waals surface area contributed by atoms with Crippen LogP contribution in [0.3, 0.4) is 0 Å². The van der Waals surface area contributed by atoms with Gasteiger partial charge in [-0.3, -0.25) is 9.59 Å². The van der Waals surface area contributed by atoms with Crippen molar-refractivity contribution in [2.45, 2.75) is 12.2 Å². The van der Waals surface area contributed by atoms with Crippen molar-refractivity contribution >= 4 is 24.3 Å². The number of nitrogens with zero attached hydrogens (tertiary/aromatic N) is 1. The maximum absolute atomic E-state index is 10.8. The number of ketones is 1. The Labute approximate surface area is 65.8 Å². The van der Waals surface area contributed by atoms with Crippen molar-refractivity contribution < 1.29 is 9.59 Å². The van der Waals surface area contributed by atoms with Crippen LogP contribution in [0.5, 0.6) is 0 Å². The first-order valence-corrected chi connectivity index (χ1v) is 3.42. The van der Waals surface area contributed by atoms with E-state index in [9.17, 15) is 9.59 Å². The number of amides is 1. The van der Waals surface area contributed by atoms with E-state index in [4.69, 9.17) is 0 Å². The van der Waals surface area contributed by atoms with E-state index in [1.165, 1.54) is 19.0 Å². The van der Waals surface area contributed by atoms with Gasteiger partial charge in [0.05, 0.1) is 5.25 Å². The third-order valence-corrected chi connectivity index (χ3v) is 1.23. The van der Waals surface area contributed by atoms with Gasteiger partial charge >= 0.3 is 0 Å². The molecule has 0 fully saturated rings. The van der Waals surface area contributed by atoms with Gasteiger partial charge in [-0.1, -0.05) is 0 Å². The van der Waals surface area contributed by atoms with Gasteiger partial charge in [0.2, 0.25) is 5.78 Å². The number of hydrogen-bond acceptors (Lipinski definition) is 3. The summed E-state index contributed by atoms with van der Waals surface area (Å²) in [5.74, 6) is -0.962. The fraction of sp³-hybridized carbons (Fsp3) is 0.667. The van der Waals surface area contributed by atoms with Gasteiger partial charge in [0, 0.05) is 14.1 Å². The Kier molecular flexibility index (Phi) is 3.42. The van der Waals surface area contributed by atoms with Crippen LogP contribution in [0.1, 0.15) is 6.92 Å². The zero-order valence-electron chi connectivity index (χ0n) is 6.29. The predicted molar refractivity (Wildman–Crippen MR) is 42.1 cm³/mol. The van der Waals surface area contributed by atoms with Gasteiger partial charge in [0.1, 0.15) is 0 Å². The SMILES string of the molecule is C[C@H](S)C(=O)C(=O)N(C)C. The fourth-order valence-corrected chi connectivity index (χ4v) is 0.510. The number of carbonyl (C=O) groups is 2. The average Bonchev–Trinajstić information content (AvgIpc) is 1.84. The summed E-state index contributed by atoms with van der Waals surface area (Å²) in [6, 6.07) is 0. The van der Waals surface area contributed by atoms with Crippen LogP contribution < -0.4 is 0 Å². The molecule has 0 saturated heterocycles. The molecule has 3 nitrogen and oxygen atoms in total. The minimum Gasteiger partial charge on any atom is -0.342 e. The van der Waals surface area contributed by atoms with Crippen LogP contribution in [0.2, 0.25) is 0 Å². The van der Waals surface area contributed by atoms with Gasteiger partial charge in [-0.15, -0.1) is 0 Å². The van der Waals surface area contributed by atoms with Gasteiger partial charge in [0.15, 0.2) is 0 Å². The van der Waals surface area contributed by atoms with Crippen molar-refractivity contribution in [2.75, 3.05) is 14.1 Å². The molecule has 0 aliphatic carbocycles. The molecule has 0 aromatic rings. The highest BCUT2D eigenvalue weighted by Gasteiger charge is 2.19. The Morgan fingerprint density at radius 2 is 1.80 bits per heavy atom. The fourth-order valence-electron chi connectivity index (χ4n) is 0.399. The number of likely N-dealkylation sites (N-methyl/N-ethyl adjacent to an activating group) is 1. The molecule has 0 aliphatic rings. The summed E-state index contributed by atoms with van der Waals surface area (Å²) >= 11 is 3.83. The van der Waals surface area contributed by atoms with Crippen LogP contribution in [-0.2, 0) is 9.59 Å². The topological polar surface area (TPSA) is 37.4 Å². The largest absolute Gasteiger partial charge is 0.342 e. The van der Waals surface area contributed by atoms with Crippen molar-refractivity contribution in [1.29, 1.82) is 0 Å². The smallest absolute Gasteiger partial charge is 0.290 e. The molecule has 0 rings (SSSR count). The third kappa shape index (κ3) is 2.39. The van der Waals surface area contributed by atoms with E-state index < -0.39 is 16.9 Å². The summed E-state index contributed by atoms with van der Waals surface area (Å²) in [4.78, 5) is 22.9. The lowest BCUT2D eigenvalue weighted by Crippen LogP contribution is -2.33. The summed E-state index contributed by atoms with van der Waals surface area (Å²) < 4.78 is 0. The lowest BCUT2D eigenvalue weighted by molar-refractivity contribution is -0.142. The predicted octanol–water partition coefficient (Wildman–Crippen LogP) is -0.0380. The molecule has 0 radical (unpaired) electrons. The Morgan fingerprint density at radius 1 is 1.40 bits per heavy atom. The Morgan fingerprint density at radius 3 is 1.90 bits per heavy atom. The van der Waals surface area contributed by atoms with Crippen LogP contribution in [0.4, 0.5) is 0 Å². The zero-order valence-corrected chi connectivity index (χ0v) is 7.18. The number of thiol groups is 1. The molecule has 10 heavy (non-hydrogen) atoms. The molecule has 0 spiro atoms. The molecular weight excluding hydrogens is 150 g/mol. The zero-order chi connectivity index (χ0) is 8.31. The highest BCUT2D eigenvalue weighted by Crippen LogP contribution is 1.96. The molecule has 0 heterocycles. The first-order valence-electron chi connectivity index (χ1n) is 2.90. The first kappa shape index (κ1) is 9.49. The van der Waals surface area contributed by atoms with E-state index in [0.717, 1.165) is 0 Å². The second-order valence-corrected chi connectivity index (χ2v) is 3.01. The highest BCUT2D eigenvalue weighted by atomic mass is 32.1. The van der Waals surface area contributed by atoms with E-state index in [1.807, 2.05) is 0 Å². The number of Topliss-reactive ketones (excluding diaryl/α,β-unsaturated/α-hetero) is 1. The van der Waals surface area contributed by atoms with Crippen molar-refractivity contribution in [3.8, 4) is 0 Å². The quantitative estimate of drug-likeness (QED) is 0.456. The minimum atomic E-state index is -0.505. The van der Waals surface area contributed by atoms with E-state index in [0.29, 0.717) is 0 Å². The molecule has 4 heteroatoms. The van der Waals surface area contributed by atoms with Crippen molar-refractivity contribution in [2.24, 2.45) is 0 Å². The number of carbonyl (C=O) groups excluding carboxylic acids is 2. The standard InChI is InChI=1S/C6H11NO2S/c1-4(10)5(8)6(9)7(2)3/h4,10H,1-3H3/t4-/m0/s1. The third-order valence-electron chi connectivity index (χ3n) is 0.996. The Balaban J connectivity index is 4.10. The molecule has 1 amide bonds. The molecule has 0 unspecified atom stereocenters. The molecular formula is C6H11NO2S. The highest BCUT2D eigenvalue weighted by molar-refractivity contribution is 7.82. The molecule has 1 atom stereocenters. The van der Waals surface area contributed by atoms with E-state index >= 15 is 0 Å². The average molecular weight is 161 g/mol. The van der Waals surface area contributed by atoms with E-state index in [1.54, 1.807) is 6.92 Å². The van der Waals surface area contributed by atoms with Gasteiger partial charge in [0.25, 0.3) is 5.91 Å². The molecule has 0 aliphatic heterocycles. The summed E-state index contributed by atoms with van der Waals surface area (Å²) in [6.45, 7) is 1.58. The van der Waals surface area contributed by atoms with Gasteiger partial charge < -0.3 is 4.90 Å². The van der Waals surface area contributed by atoms with Gasteiger partial charge in [-0.2, -0.15) is 12.6 Å². The lowest BCUT2D eigenvalue weighted by Gasteiger charge is -2.09. The molecule has 0 saturated carbocycles. The summed E-state index contributed by atoms with van der Waals surface area (Å²) in [5, 5.41) is -0.505. The summed E-state index contributed by atoms with van der Waals surface area (Å²) in [7, 11) is 3.08. The van der Waals surface area contributed by atoms with Crippen molar-refractivity contribution in [1.82, 2.24) is 4.90 Å². The van der Waals surface area contributed by atoms with Crippen LogP contribution >= 0.6 is 12.6 Å². The lowest BCUT2D eigenvalue weighted by atomic mass is 10.3.